The number of hydrogen-bond donors (Lipinski definition) is 2. The number of amides is 1. The number of β-amino-alcohol motifs (C(OH)–C–C–N with tert-alkyl or cyclic N) is 1. The highest BCUT2D eigenvalue weighted by Crippen LogP contribution is 2.14. The monoisotopic (exact) mass is 214 g/mol. The van der Waals surface area contributed by atoms with E-state index in [4.69, 9.17) is 0 Å². The van der Waals surface area contributed by atoms with Crippen LogP contribution in [0.2, 0.25) is 0 Å². The summed E-state index contributed by atoms with van der Waals surface area (Å²) in [6.07, 6.45) is 1.51. The van der Waals surface area contributed by atoms with Gasteiger partial charge in [0.2, 0.25) is 5.91 Å². The number of nitrogens with zero attached hydrogens (tertiary/aromatic N) is 1. The van der Waals surface area contributed by atoms with Crippen molar-refractivity contribution >= 4 is 5.91 Å². The molecule has 0 radical (unpaired) electrons. The molecule has 88 valence electrons. The van der Waals surface area contributed by atoms with Crippen molar-refractivity contribution in [3.05, 3.63) is 0 Å². The van der Waals surface area contributed by atoms with Crippen LogP contribution in [0.5, 0.6) is 0 Å². The summed E-state index contributed by atoms with van der Waals surface area (Å²) in [4.78, 5) is 13.7. The van der Waals surface area contributed by atoms with E-state index in [1.807, 2.05) is 6.92 Å². The van der Waals surface area contributed by atoms with Crippen molar-refractivity contribution in [1.29, 1.82) is 0 Å². The zero-order chi connectivity index (χ0) is 11.4. The number of aliphatic hydroxyl groups excluding tert-OH is 1. The molecule has 0 bridgehead atoms. The van der Waals surface area contributed by atoms with Crippen molar-refractivity contribution < 1.29 is 9.90 Å². The van der Waals surface area contributed by atoms with E-state index in [2.05, 4.69) is 12.2 Å². The average molecular weight is 214 g/mol. The molecule has 1 amide bonds. The topological polar surface area (TPSA) is 52.6 Å². The summed E-state index contributed by atoms with van der Waals surface area (Å²) in [5, 5.41) is 12.7. The summed E-state index contributed by atoms with van der Waals surface area (Å²) in [6, 6.07) is -0.0585. The van der Waals surface area contributed by atoms with Gasteiger partial charge in [-0.15, -0.1) is 0 Å². The van der Waals surface area contributed by atoms with Crippen molar-refractivity contribution in [3.63, 3.8) is 0 Å². The first-order chi connectivity index (χ1) is 7.07. The summed E-state index contributed by atoms with van der Waals surface area (Å²) in [5.41, 5.74) is 0. The zero-order valence-electron chi connectivity index (χ0n) is 9.86. The lowest BCUT2D eigenvalue weighted by Crippen LogP contribution is -2.46. The highest BCUT2D eigenvalue weighted by Gasteiger charge is 2.32. The van der Waals surface area contributed by atoms with Gasteiger partial charge in [-0.05, 0) is 6.42 Å². The van der Waals surface area contributed by atoms with Gasteiger partial charge in [-0.3, -0.25) is 4.79 Å². The molecule has 4 nitrogen and oxygen atoms in total. The molecule has 1 fully saturated rings. The van der Waals surface area contributed by atoms with Gasteiger partial charge in [0.25, 0.3) is 0 Å². The Morgan fingerprint density at radius 1 is 1.60 bits per heavy atom. The number of nitrogens with one attached hydrogen (secondary N) is 1. The molecule has 1 heterocycles. The SMILES string of the molecule is CCCC(C)C(=O)N(C)[C@@H]1CNC[C@H]1O. The summed E-state index contributed by atoms with van der Waals surface area (Å²) in [7, 11) is 1.79. The Hall–Kier alpha value is -0.610. The molecule has 0 aromatic carbocycles. The number of aliphatic hydroxyl groups is 1. The van der Waals surface area contributed by atoms with Crippen LogP contribution >= 0.6 is 0 Å². The van der Waals surface area contributed by atoms with Crippen LogP contribution in [0.25, 0.3) is 0 Å². The molecule has 1 aliphatic rings. The Morgan fingerprint density at radius 2 is 2.27 bits per heavy atom. The summed E-state index contributed by atoms with van der Waals surface area (Å²) >= 11 is 0. The van der Waals surface area contributed by atoms with Crippen LogP contribution in [0.15, 0.2) is 0 Å². The number of rotatable bonds is 4. The van der Waals surface area contributed by atoms with E-state index >= 15 is 0 Å². The molecular weight excluding hydrogens is 192 g/mol. The summed E-state index contributed by atoms with van der Waals surface area (Å²) in [6.45, 7) is 5.32. The van der Waals surface area contributed by atoms with E-state index in [9.17, 15) is 9.90 Å². The molecule has 15 heavy (non-hydrogen) atoms. The fourth-order valence-electron chi connectivity index (χ4n) is 2.11. The van der Waals surface area contributed by atoms with Crippen LogP contribution in [0.4, 0.5) is 0 Å². The molecule has 1 rings (SSSR count). The molecule has 0 spiro atoms. The zero-order valence-corrected chi connectivity index (χ0v) is 9.86. The third-order valence-corrected chi connectivity index (χ3v) is 3.14. The van der Waals surface area contributed by atoms with Gasteiger partial charge >= 0.3 is 0 Å². The van der Waals surface area contributed by atoms with E-state index in [0.29, 0.717) is 13.1 Å². The molecule has 0 aromatic rings. The lowest BCUT2D eigenvalue weighted by Gasteiger charge is -2.28. The quantitative estimate of drug-likeness (QED) is 0.703. The molecule has 1 saturated heterocycles. The lowest BCUT2D eigenvalue weighted by molar-refractivity contribution is -0.137. The van der Waals surface area contributed by atoms with Crippen LogP contribution in [0.1, 0.15) is 26.7 Å². The lowest BCUT2D eigenvalue weighted by atomic mass is 10.0. The largest absolute Gasteiger partial charge is 0.390 e. The van der Waals surface area contributed by atoms with Gasteiger partial charge in [0.05, 0.1) is 12.1 Å². The first-order valence-corrected chi connectivity index (χ1v) is 5.73. The Morgan fingerprint density at radius 3 is 2.73 bits per heavy atom. The van der Waals surface area contributed by atoms with Gasteiger partial charge < -0.3 is 15.3 Å². The predicted molar refractivity (Wildman–Crippen MR) is 59.5 cm³/mol. The Labute approximate surface area is 91.6 Å². The van der Waals surface area contributed by atoms with Gasteiger partial charge in [0.15, 0.2) is 0 Å². The fraction of sp³-hybridized carbons (Fsp3) is 0.909. The van der Waals surface area contributed by atoms with Crippen LogP contribution in [-0.4, -0.2) is 48.2 Å². The first-order valence-electron chi connectivity index (χ1n) is 5.73. The Kier molecular flexibility index (Phi) is 4.54. The minimum atomic E-state index is -0.423. The third-order valence-electron chi connectivity index (χ3n) is 3.14. The summed E-state index contributed by atoms with van der Waals surface area (Å²) in [5.74, 6) is 0.206. The maximum Gasteiger partial charge on any atom is 0.225 e. The van der Waals surface area contributed by atoms with E-state index in [0.717, 1.165) is 12.8 Å². The Balaban J connectivity index is 2.51. The molecular formula is C11H22N2O2. The molecule has 3 atom stereocenters. The van der Waals surface area contributed by atoms with E-state index in [1.165, 1.54) is 0 Å². The van der Waals surface area contributed by atoms with Crippen LogP contribution < -0.4 is 5.32 Å². The first kappa shape index (κ1) is 12.5. The smallest absolute Gasteiger partial charge is 0.225 e. The standard InChI is InChI=1S/C11H22N2O2/c1-4-5-8(2)11(15)13(3)9-6-12-7-10(9)14/h8-10,12,14H,4-7H2,1-3H3/t8?,9-,10-/m1/s1. The number of carbonyl (C=O) groups excluding carboxylic acids is 1. The molecule has 0 saturated carbocycles. The maximum absolute atomic E-state index is 12.0. The molecule has 0 aromatic heterocycles. The number of hydrogen-bond acceptors (Lipinski definition) is 3. The van der Waals surface area contributed by atoms with Gasteiger partial charge in [-0.1, -0.05) is 20.3 Å². The molecule has 1 unspecified atom stereocenters. The van der Waals surface area contributed by atoms with Crippen molar-refractivity contribution in [2.75, 3.05) is 20.1 Å². The van der Waals surface area contributed by atoms with Gasteiger partial charge in [-0.25, -0.2) is 0 Å². The van der Waals surface area contributed by atoms with Crippen LogP contribution in [-0.2, 0) is 4.79 Å². The van der Waals surface area contributed by atoms with Crippen LogP contribution in [0, 0.1) is 5.92 Å². The summed E-state index contributed by atoms with van der Waals surface area (Å²) < 4.78 is 0. The minimum absolute atomic E-state index is 0.0585. The van der Waals surface area contributed by atoms with Gasteiger partial charge in [0.1, 0.15) is 0 Å². The van der Waals surface area contributed by atoms with Crippen molar-refractivity contribution in [2.45, 2.75) is 38.8 Å². The van der Waals surface area contributed by atoms with Gasteiger partial charge in [0, 0.05) is 26.1 Å². The second-order valence-corrected chi connectivity index (χ2v) is 4.43. The average Bonchev–Trinajstić information content (AvgIpc) is 2.62. The molecule has 0 aliphatic carbocycles. The molecule has 1 aliphatic heterocycles. The maximum atomic E-state index is 12.0. The Bertz CT molecular complexity index is 221. The second kappa shape index (κ2) is 5.47. The fourth-order valence-corrected chi connectivity index (χ4v) is 2.11. The molecule has 4 heteroatoms. The van der Waals surface area contributed by atoms with E-state index < -0.39 is 6.10 Å². The number of carbonyl (C=O) groups is 1. The van der Waals surface area contributed by atoms with Crippen molar-refractivity contribution in [2.24, 2.45) is 5.92 Å². The normalized spacial score (nSPS) is 27.7. The van der Waals surface area contributed by atoms with E-state index in [-0.39, 0.29) is 17.9 Å². The van der Waals surface area contributed by atoms with Crippen LogP contribution in [0.3, 0.4) is 0 Å². The van der Waals surface area contributed by atoms with Crippen molar-refractivity contribution in [3.8, 4) is 0 Å². The number of likely N-dealkylation sites (N-methyl/N-ethyl adjacent to an activating group) is 1. The predicted octanol–water partition coefficient (Wildman–Crippen LogP) is 0.214. The minimum Gasteiger partial charge on any atom is -0.390 e. The second-order valence-electron chi connectivity index (χ2n) is 4.43. The highest BCUT2D eigenvalue weighted by molar-refractivity contribution is 5.78. The molecule has 2 N–H and O–H groups in total. The van der Waals surface area contributed by atoms with Crippen molar-refractivity contribution in [1.82, 2.24) is 10.2 Å². The highest BCUT2D eigenvalue weighted by atomic mass is 16.3. The third kappa shape index (κ3) is 2.92. The van der Waals surface area contributed by atoms with Gasteiger partial charge in [-0.2, -0.15) is 0 Å². The van der Waals surface area contributed by atoms with E-state index in [1.54, 1.807) is 11.9 Å².